The van der Waals surface area contributed by atoms with Crippen LogP contribution < -0.4 is 20.4 Å². The second-order valence-corrected chi connectivity index (χ2v) is 9.99. The van der Waals surface area contributed by atoms with Crippen molar-refractivity contribution < 1.29 is 4.74 Å². The van der Waals surface area contributed by atoms with E-state index in [9.17, 15) is 0 Å². The highest BCUT2D eigenvalue weighted by molar-refractivity contribution is 7.80. The van der Waals surface area contributed by atoms with E-state index in [2.05, 4.69) is 45.2 Å². The number of thiocarbonyl (C=S) groups is 1. The molecular weight excluding hydrogens is 422 g/mol. The first kappa shape index (κ1) is 23.4. The fourth-order valence-corrected chi connectivity index (χ4v) is 4.77. The van der Waals surface area contributed by atoms with Gasteiger partial charge in [0.05, 0.1) is 13.2 Å². The molecule has 32 heavy (non-hydrogen) atoms. The lowest BCUT2D eigenvalue weighted by Crippen LogP contribution is -2.42. The SMILES string of the molecule is CC1CCN(c2cc(N3CCC(C)CC3)nc(NC(=S)NCCN3CCOCC3)n2)CC1. The third kappa shape index (κ3) is 6.65. The number of nitrogens with zero attached hydrogens (tertiary/aromatic N) is 5. The summed E-state index contributed by atoms with van der Waals surface area (Å²) in [6, 6.07) is 2.17. The minimum absolute atomic E-state index is 0.584. The van der Waals surface area contributed by atoms with Crippen LogP contribution in [0.1, 0.15) is 39.5 Å². The molecule has 0 spiro atoms. The van der Waals surface area contributed by atoms with Crippen molar-refractivity contribution in [1.82, 2.24) is 20.2 Å². The molecule has 2 N–H and O–H groups in total. The Labute approximate surface area is 198 Å². The third-order valence-corrected chi connectivity index (χ3v) is 7.20. The minimum atomic E-state index is 0.584. The first-order valence-corrected chi connectivity index (χ1v) is 12.7. The van der Waals surface area contributed by atoms with Gasteiger partial charge in [-0.25, -0.2) is 0 Å². The predicted molar refractivity (Wildman–Crippen MR) is 135 cm³/mol. The number of piperidine rings is 2. The van der Waals surface area contributed by atoms with E-state index in [1.807, 2.05) is 0 Å². The Kier molecular flexibility index (Phi) is 8.37. The van der Waals surface area contributed by atoms with Gasteiger partial charge in [0.25, 0.3) is 0 Å². The van der Waals surface area contributed by atoms with Crippen LogP contribution in [0.3, 0.4) is 0 Å². The molecule has 3 aliphatic heterocycles. The third-order valence-electron chi connectivity index (χ3n) is 6.96. The van der Waals surface area contributed by atoms with Gasteiger partial charge in [-0.2, -0.15) is 9.97 Å². The minimum Gasteiger partial charge on any atom is -0.379 e. The van der Waals surface area contributed by atoms with Gasteiger partial charge < -0.3 is 25.2 Å². The summed E-state index contributed by atoms with van der Waals surface area (Å²) in [6.45, 7) is 14.2. The normalized spacial score (nSPS) is 21.6. The Balaban J connectivity index is 1.40. The van der Waals surface area contributed by atoms with Gasteiger partial charge in [0, 0.05) is 58.4 Å². The summed E-state index contributed by atoms with van der Waals surface area (Å²) < 4.78 is 5.42. The van der Waals surface area contributed by atoms with Crippen molar-refractivity contribution in [1.29, 1.82) is 0 Å². The van der Waals surface area contributed by atoms with E-state index in [1.54, 1.807) is 0 Å². The van der Waals surface area contributed by atoms with E-state index in [0.29, 0.717) is 11.1 Å². The average molecular weight is 462 g/mol. The van der Waals surface area contributed by atoms with Crippen molar-refractivity contribution >= 4 is 34.9 Å². The van der Waals surface area contributed by atoms with Crippen LogP contribution in [0.4, 0.5) is 17.6 Å². The number of morpholine rings is 1. The van der Waals surface area contributed by atoms with E-state index < -0.39 is 0 Å². The van der Waals surface area contributed by atoms with E-state index >= 15 is 0 Å². The van der Waals surface area contributed by atoms with E-state index in [4.69, 9.17) is 26.9 Å². The Morgan fingerprint density at radius 2 is 1.47 bits per heavy atom. The van der Waals surface area contributed by atoms with Crippen molar-refractivity contribution in [2.75, 3.05) is 80.7 Å². The van der Waals surface area contributed by atoms with Crippen molar-refractivity contribution in [3.8, 4) is 0 Å². The highest BCUT2D eigenvalue weighted by atomic mass is 32.1. The standard InChI is InChI=1S/C23H39N7OS/c1-18-3-8-29(9-4-18)20-17-21(30-10-5-19(2)6-11-30)26-22(25-20)27-23(32)24-7-12-28-13-15-31-16-14-28/h17-19H,3-16H2,1-2H3,(H2,24,25,26,27,32). The number of anilines is 3. The molecule has 4 rings (SSSR count). The average Bonchev–Trinajstić information content (AvgIpc) is 2.80. The molecule has 0 bridgehead atoms. The van der Waals surface area contributed by atoms with Gasteiger partial charge in [0.2, 0.25) is 5.95 Å². The van der Waals surface area contributed by atoms with Crippen LogP contribution in [0.2, 0.25) is 0 Å². The Hall–Kier alpha value is -1.71. The zero-order valence-electron chi connectivity index (χ0n) is 19.7. The van der Waals surface area contributed by atoms with Gasteiger partial charge >= 0.3 is 0 Å². The molecule has 4 heterocycles. The number of hydrogen-bond donors (Lipinski definition) is 2. The maximum atomic E-state index is 5.56. The zero-order valence-corrected chi connectivity index (χ0v) is 20.5. The number of nitrogens with one attached hydrogen (secondary N) is 2. The maximum Gasteiger partial charge on any atom is 0.232 e. The summed E-state index contributed by atoms with van der Waals surface area (Å²) in [6.07, 6.45) is 4.85. The highest BCUT2D eigenvalue weighted by Gasteiger charge is 2.22. The Morgan fingerprint density at radius 1 is 0.938 bits per heavy atom. The summed E-state index contributed by atoms with van der Waals surface area (Å²) in [5, 5.41) is 7.16. The Morgan fingerprint density at radius 3 is 2.00 bits per heavy atom. The second-order valence-electron chi connectivity index (χ2n) is 9.58. The summed E-state index contributed by atoms with van der Waals surface area (Å²) in [7, 11) is 0. The lowest BCUT2D eigenvalue weighted by molar-refractivity contribution is 0.0389. The molecule has 3 aliphatic rings. The van der Waals surface area contributed by atoms with Gasteiger partial charge in [-0.05, 0) is 49.7 Å². The van der Waals surface area contributed by atoms with Crippen LogP contribution in [0.25, 0.3) is 0 Å². The fourth-order valence-electron chi connectivity index (χ4n) is 4.58. The number of ether oxygens (including phenoxy) is 1. The molecule has 0 aliphatic carbocycles. The smallest absolute Gasteiger partial charge is 0.232 e. The van der Waals surface area contributed by atoms with E-state index in [0.717, 1.165) is 89.0 Å². The molecule has 3 fully saturated rings. The summed E-state index contributed by atoms with van der Waals surface area (Å²) in [5.74, 6) is 4.20. The number of rotatable bonds is 6. The molecule has 3 saturated heterocycles. The van der Waals surface area contributed by atoms with Gasteiger partial charge in [0.15, 0.2) is 5.11 Å². The zero-order chi connectivity index (χ0) is 22.3. The van der Waals surface area contributed by atoms with Gasteiger partial charge in [-0.15, -0.1) is 0 Å². The highest BCUT2D eigenvalue weighted by Crippen LogP contribution is 2.28. The molecule has 178 valence electrons. The summed E-state index contributed by atoms with van der Waals surface area (Å²) >= 11 is 5.56. The largest absolute Gasteiger partial charge is 0.379 e. The first-order valence-electron chi connectivity index (χ1n) is 12.3. The van der Waals surface area contributed by atoms with E-state index in [-0.39, 0.29) is 0 Å². The van der Waals surface area contributed by atoms with Crippen LogP contribution in [0, 0.1) is 11.8 Å². The molecule has 9 heteroatoms. The van der Waals surface area contributed by atoms with Gasteiger partial charge in [-0.3, -0.25) is 4.90 Å². The molecule has 0 aromatic carbocycles. The molecule has 0 amide bonds. The molecule has 0 radical (unpaired) electrons. The lowest BCUT2D eigenvalue weighted by atomic mass is 9.99. The summed E-state index contributed by atoms with van der Waals surface area (Å²) in [4.78, 5) is 16.9. The van der Waals surface area contributed by atoms with Gasteiger partial charge in [-0.1, -0.05) is 13.8 Å². The van der Waals surface area contributed by atoms with Crippen molar-refractivity contribution in [3.63, 3.8) is 0 Å². The first-order chi connectivity index (χ1) is 15.6. The molecule has 0 atom stereocenters. The molecule has 0 unspecified atom stereocenters. The predicted octanol–water partition coefficient (Wildman–Crippen LogP) is 2.57. The molecule has 0 saturated carbocycles. The van der Waals surface area contributed by atoms with Crippen molar-refractivity contribution in [2.24, 2.45) is 11.8 Å². The number of aromatic nitrogens is 2. The second kappa shape index (κ2) is 11.4. The van der Waals surface area contributed by atoms with Crippen LogP contribution in [-0.2, 0) is 4.74 Å². The van der Waals surface area contributed by atoms with Crippen molar-refractivity contribution in [3.05, 3.63) is 6.07 Å². The van der Waals surface area contributed by atoms with Crippen LogP contribution in [-0.4, -0.2) is 85.6 Å². The fraction of sp³-hybridized carbons (Fsp3) is 0.783. The topological polar surface area (TPSA) is 68.8 Å². The number of hydrogen-bond acceptors (Lipinski definition) is 7. The van der Waals surface area contributed by atoms with E-state index in [1.165, 1.54) is 25.7 Å². The molecule has 1 aromatic rings. The molecular formula is C23H39N7OS. The monoisotopic (exact) mass is 461 g/mol. The molecule has 8 nitrogen and oxygen atoms in total. The van der Waals surface area contributed by atoms with Crippen molar-refractivity contribution in [2.45, 2.75) is 39.5 Å². The van der Waals surface area contributed by atoms with Crippen LogP contribution in [0.5, 0.6) is 0 Å². The van der Waals surface area contributed by atoms with Gasteiger partial charge in [0.1, 0.15) is 11.6 Å². The van der Waals surface area contributed by atoms with Crippen LogP contribution in [0.15, 0.2) is 6.07 Å². The molecule has 1 aromatic heterocycles. The lowest BCUT2D eigenvalue weighted by Gasteiger charge is -2.34. The summed E-state index contributed by atoms with van der Waals surface area (Å²) in [5.41, 5.74) is 0. The Bertz CT molecular complexity index is 702. The maximum absolute atomic E-state index is 5.56. The van der Waals surface area contributed by atoms with Crippen LogP contribution >= 0.6 is 12.2 Å². The quantitative estimate of drug-likeness (QED) is 0.622.